The zero-order chi connectivity index (χ0) is 37.3. The van der Waals surface area contributed by atoms with Gasteiger partial charge in [-0.3, -0.25) is 9.59 Å². The van der Waals surface area contributed by atoms with Crippen LogP contribution in [0, 0.1) is 0 Å². The summed E-state index contributed by atoms with van der Waals surface area (Å²) in [6.45, 7) is 4.83. The number of ether oxygens (including phenoxy) is 1. The van der Waals surface area contributed by atoms with Crippen LogP contribution < -0.4 is 5.32 Å². The van der Waals surface area contributed by atoms with Gasteiger partial charge in [0, 0.05) is 12.8 Å². The minimum Gasteiger partial charge on any atom is -0.466 e. The van der Waals surface area contributed by atoms with Crippen LogP contribution in [0.4, 0.5) is 0 Å². The number of carbonyl (C=O) groups is 2. The topological polar surface area (TPSA) is 95.9 Å². The van der Waals surface area contributed by atoms with Gasteiger partial charge in [0.15, 0.2) is 0 Å². The van der Waals surface area contributed by atoms with Crippen LogP contribution in [0.1, 0.15) is 239 Å². The number of carbonyl (C=O) groups excluding carboxylic acids is 2. The number of hydrogen-bond donors (Lipinski definition) is 3. The molecule has 0 spiro atoms. The highest BCUT2D eigenvalue weighted by Crippen LogP contribution is 2.15. The van der Waals surface area contributed by atoms with Gasteiger partial charge < -0.3 is 20.3 Å². The van der Waals surface area contributed by atoms with Crippen LogP contribution in [0.2, 0.25) is 0 Å². The average Bonchev–Trinajstić information content (AvgIpc) is 3.13. The predicted molar refractivity (Wildman–Crippen MR) is 218 cm³/mol. The molecule has 2 unspecified atom stereocenters. The molecule has 1 amide bonds. The van der Waals surface area contributed by atoms with E-state index in [2.05, 4.69) is 19.2 Å². The van der Waals surface area contributed by atoms with Gasteiger partial charge in [0.05, 0.1) is 25.4 Å². The monoisotopic (exact) mass is 722 g/mol. The fourth-order valence-corrected chi connectivity index (χ4v) is 6.81. The van der Waals surface area contributed by atoms with Crippen molar-refractivity contribution in [2.45, 2.75) is 251 Å². The van der Waals surface area contributed by atoms with Gasteiger partial charge >= 0.3 is 5.97 Å². The molecule has 6 nitrogen and oxygen atoms in total. The molecular weight excluding hydrogens is 634 g/mol. The van der Waals surface area contributed by atoms with Crippen molar-refractivity contribution in [3.8, 4) is 0 Å². The SMILES string of the molecule is CCCCCCCCCCCC/C=C/C(O)C(CO)NC(=O)CCCCCCCCCCCCOC(=O)CCCCCCCCCCCCCC. The van der Waals surface area contributed by atoms with Gasteiger partial charge in [-0.15, -0.1) is 0 Å². The van der Waals surface area contributed by atoms with Gasteiger partial charge in [0.2, 0.25) is 5.91 Å². The van der Waals surface area contributed by atoms with E-state index >= 15 is 0 Å². The summed E-state index contributed by atoms with van der Waals surface area (Å²) in [4.78, 5) is 24.3. The van der Waals surface area contributed by atoms with E-state index in [1.807, 2.05) is 6.08 Å². The fraction of sp³-hybridized carbons (Fsp3) is 0.911. The molecule has 0 aliphatic carbocycles. The number of nitrogens with one attached hydrogen (secondary N) is 1. The van der Waals surface area contributed by atoms with Gasteiger partial charge in [0.1, 0.15) is 0 Å². The minimum atomic E-state index is -0.856. The van der Waals surface area contributed by atoms with Crippen LogP contribution in [0.25, 0.3) is 0 Å². The summed E-state index contributed by atoms with van der Waals surface area (Å²) in [5, 5.41) is 22.9. The van der Waals surface area contributed by atoms with Crippen LogP contribution in [0.3, 0.4) is 0 Å². The maximum atomic E-state index is 12.4. The standard InChI is InChI=1S/C45H87NO5/c1-3-5-7-9-11-13-15-17-21-25-29-33-37-43(48)42(41-47)46-44(49)38-34-30-26-22-19-20-24-28-32-36-40-51-45(50)39-35-31-27-23-18-16-14-12-10-8-6-4-2/h33,37,42-43,47-48H,3-32,34-36,38-41H2,1-2H3,(H,46,49)/b37-33+. The molecule has 3 N–H and O–H groups in total. The highest BCUT2D eigenvalue weighted by molar-refractivity contribution is 5.76. The molecule has 51 heavy (non-hydrogen) atoms. The molecule has 0 aromatic rings. The first-order valence-electron chi connectivity index (χ1n) is 22.5. The van der Waals surface area contributed by atoms with E-state index in [9.17, 15) is 19.8 Å². The highest BCUT2D eigenvalue weighted by Gasteiger charge is 2.18. The lowest BCUT2D eigenvalue weighted by Crippen LogP contribution is -2.45. The zero-order valence-corrected chi connectivity index (χ0v) is 34.1. The summed E-state index contributed by atoms with van der Waals surface area (Å²) in [6, 6.07) is -0.641. The first-order chi connectivity index (χ1) is 25.0. The summed E-state index contributed by atoms with van der Waals surface area (Å²) in [6.07, 6.45) is 44.7. The lowest BCUT2D eigenvalue weighted by Gasteiger charge is -2.20. The van der Waals surface area contributed by atoms with Crippen molar-refractivity contribution in [3.63, 3.8) is 0 Å². The molecule has 302 valence electrons. The Morgan fingerprint density at radius 1 is 0.529 bits per heavy atom. The van der Waals surface area contributed by atoms with Gasteiger partial charge in [-0.25, -0.2) is 0 Å². The molecule has 0 heterocycles. The number of rotatable bonds is 41. The van der Waals surface area contributed by atoms with Crippen molar-refractivity contribution < 1.29 is 24.5 Å². The van der Waals surface area contributed by atoms with Gasteiger partial charge in [-0.1, -0.05) is 206 Å². The Morgan fingerprint density at radius 3 is 1.33 bits per heavy atom. The van der Waals surface area contributed by atoms with Gasteiger partial charge in [0.25, 0.3) is 0 Å². The van der Waals surface area contributed by atoms with E-state index in [-0.39, 0.29) is 18.5 Å². The molecule has 0 radical (unpaired) electrons. The molecule has 0 aromatic heterocycles. The molecule has 0 saturated heterocycles. The Bertz CT molecular complexity index is 757. The van der Waals surface area contributed by atoms with Crippen molar-refractivity contribution in [1.82, 2.24) is 5.32 Å². The van der Waals surface area contributed by atoms with E-state index in [4.69, 9.17) is 4.74 Å². The molecule has 0 aliphatic heterocycles. The zero-order valence-electron chi connectivity index (χ0n) is 34.1. The molecule has 0 rings (SSSR count). The third kappa shape index (κ3) is 38.1. The van der Waals surface area contributed by atoms with Crippen LogP contribution in [-0.4, -0.2) is 47.4 Å². The van der Waals surface area contributed by atoms with E-state index in [0.717, 1.165) is 57.8 Å². The van der Waals surface area contributed by atoms with Gasteiger partial charge in [-0.2, -0.15) is 0 Å². The second kappa shape index (κ2) is 41.4. The van der Waals surface area contributed by atoms with E-state index in [1.165, 1.54) is 154 Å². The normalized spacial score (nSPS) is 12.8. The highest BCUT2D eigenvalue weighted by atomic mass is 16.5. The number of aliphatic hydroxyl groups excluding tert-OH is 2. The van der Waals surface area contributed by atoms with Crippen molar-refractivity contribution in [3.05, 3.63) is 12.2 Å². The molecule has 0 bridgehead atoms. The smallest absolute Gasteiger partial charge is 0.305 e. The average molecular weight is 722 g/mol. The first-order valence-corrected chi connectivity index (χ1v) is 22.5. The molecule has 0 saturated carbocycles. The fourth-order valence-electron chi connectivity index (χ4n) is 6.81. The van der Waals surface area contributed by atoms with E-state index in [1.54, 1.807) is 6.08 Å². The molecular formula is C45H87NO5. The maximum Gasteiger partial charge on any atom is 0.305 e. The Morgan fingerprint density at radius 2 is 0.902 bits per heavy atom. The van der Waals surface area contributed by atoms with Crippen molar-refractivity contribution >= 4 is 11.9 Å². The van der Waals surface area contributed by atoms with E-state index < -0.39 is 12.1 Å². The van der Waals surface area contributed by atoms with Crippen LogP contribution in [-0.2, 0) is 14.3 Å². The third-order valence-electron chi connectivity index (χ3n) is 10.3. The summed E-state index contributed by atoms with van der Waals surface area (Å²) >= 11 is 0. The lowest BCUT2D eigenvalue weighted by molar-refractivity contribution is -0.143. The van der Waals surface area contributed by atoms with Crippen molar-refractivity contribution in [2.24, 2.45) is 0 Å². The quantitative estimate of drug-likeness (QED) is 0.0332. The molecule has 2 atom stereocenters. The molecule has 0 aliphatic rings. The van der Waals surface area contributed by atoms with Crippen LogP contribution in [0.15, 0.2) is 12.2 Å². The molecule has 0 fully saturated rings. The Kier molecular flexibility index (Phi) is 40.2. The largest absolute Gasteiger partial charge is 0.466 e. The van der Waals surface area contributed by atoms with Crippen LogP contribution in [0.5, 0.6) is 0 Å². The second-order valence-electron chi connectivity index (χ2n) is 15.4. The second-order valence-corrected chi connectivity index (χ2v) is 15.4. The Labute approximate surface area is 317 Å². The number of aliphatic hydroxyl groups is 2. The minimum absolute atomic E-state index is 0.0208. The number of amides is 1. The molecule has 6 heteroatoms. The van der Waals surface area contributed by atoms with Gasteiger partial charge in [-0.05, 0) is 32.1 Å². The van der Waals surface area contributed by atoms with Crippen molar-refractivity contribution in [2.75, 3.05) is 13.2 Å². The number of unbranched alkanes of at least 4 members (excludes halogenated alkanes) is 30. The van der Waals surface area contributed by atoms with Crippen molar-refractivity contribution in [1.29, 1.82) is 0 Å². The maximum absolute atomic E-state index is 12.4. The summed E-state index contributed by atoms with van der Waals surface area (Å²) in [7, 11) is 0. The summed E-state index contributed by atoms with van der Waals surface area (Å²) in [5.41, 5.74) is 0. The Balaban J connectivity index is 3.52. The number of esters is 1. The summed E-state index contributed by atoms with van der Waals surface area (Å²) < 4.78 is 5.43. The number of allylic oxidation sites excluding steroid dienone is 1. The summed E-state index contributed by atoms with van der Waals surface area (Å²) in [5.74, 6) is -0.112. The first kappa shape index (κ1) is 49.6. The van der Waals surface area contributed by atoms with E-state index in [0.29, 0.717) is 19.4 Å². The lowest BCUT2D eigenvalue weighted by atomic mass is 10.0. The molecule has 0 aromatic carbocycles. The Hall–Kier alpha value is -1.40. The third-order valence-corrected chi connectivity index (χ3v) is 10.3. The predicted octanol–water partition coefficient (Wildman–Crippen LogP) is 12.6. The van der Waals surface area contributed by atoms with Crippen LogP contribution >= 0.6 is 0 Å². The number of hydrogen-bond acceptors (Lipinski definition) is 5.